The van der Waals surface area contributed by atoms with E-state index in [9.17, 15) is 14.7 Å². The van der Waals surface area contributed by atoms with Crippen LogP contribution in [0.1, 0.15) is 49.5 Å². The van der Waals surface area contributed by atoms with Gasteiger partial charge >= 0.3 is 5.97 Å². The Morgan fingerprint density at radius 1 is 1.35 bits per heavy atom. The van der Waals surface area contributed by atoms with Crippen LogP contribution in [0.15, 0.2) is 17.1 Å². The largest absolute Gasteiger partial charge is 0.489 e. The van der Waals surface area contributed by atoms with Gasteiger partial charge in [0, 0.05) is 31.4 Å². The first-order chi connectivity index (χ1) is 14.7. The number of pyridine rings is 1. The number of anilines is 1. The van der Waals surface area contributed by atoms with Gasteiger partial charge in [-0.25, -0.2) is 9.18 Å². The lowest BCUT2D eigenvalue weighted by Crippen LogP contribution is -2.34. The minimum Gasteiger partial charge on any atom is -0.489 e. The predicted octanol–water partition coefficient (Wildman–Crippen LogP) is 3.35. The van der Waals surface area contributed by atoms with E-state index >= 15 is 4.39 Å². The second kappa shape index (κ2) is 8.15. The molecule has 4 rings (SSSR count). The Labute approximate surface area is 181 Å². The second-order valence-corrected chi connectivity index (χ2v) is 8.88. The van der Waals surface area contributed by atoms with Gasteiger partial charge < -0.3 is 24.2 Å². The SMILES string of the molecule is CCOc1c(N2CCC(C(C)N(C)C)C2)c(F)cc2c(=O)c(C(=O)O)cn(C3CC3)c12. The number of benzene rings is 1. The predicted molar refractivity (Wildman–Crippen MR) is 118 cm³/mol. The molecule has 1 saturated heterocycles. The molecule has 2 unspecified atom stereocenters. The molecule has 0 bridgehead atoms. The van der Waals surface area contributed by atoms with E-state index in [1.807, 2.05) is 30.5 Å². The van der Waals surface area contributed by atoms with Gasteiger partial charge in [-0.1, -0.05) is 0 Å². The Bertz CT molecular complexity index is 1080. The van der Waals surface area contributed by atoms with Crippen molar-refractivity contribution in [2.24, 2.45) is 5.92 Å². The summed E-state index contributed by atoms with van der Waals surface area (Å²) in [4.78, 5) is 28.7. The number of aromatic nitrogens is 1. The molecular formula is C23H30FN3O4. The quantitative estimate of drug-likeness (QED) is 0.725. The van der Waals surface area contributed by atoms with Crippen molar-refractivity contribution in [3.63, 3.8) is 0 Å². The van der Waals surface area contributed by atoms with Crippen molar-refractivity contribution in [3.05, 3.63) is 33.9 Å². The maximum atomic E-state index is 15.5. The van der Waals surface area contributed by atoms with Crippen molar-refractivity contribution < 1.29 is 19.0 Å². The molecule has 2 aliphatic rings. The zero-order valence-electron chi connectivity index (χ0n) is 18.5. The molecule has 168 valence electrons. The Hall–Kier alpha value is -2.61. The molecule has 8 heteroatoms. The van der Waals surface area contributed by atoms with Crippen LogP contribution in [-0.2, 0) is 0 Å². The lowest BCUT2D eigenvalue weighted by Gasteiger charge is -2.28. The summed E-state index contributed by atoms with van der Waals surface area (Å²) in [5, 5.41) is 9.56. The van der Waals surface area contributed by atoms with E-state index in [0.717, 1.165) is 19.3 Å². The highest BCUT2D eigenvalue weighted by atomic mass is 19.1. The van der Waals surface area contributed by atoms with Crippen LogP contribution in [0.5, 0.6) is 5.75 Å². The number of hydrogen-bond acceptors (Lipinski definition) is 5. The molecule has 2 atom stereocenters. The van der Waals surface area contributed by atoms with Crippen LogP contribution in [0.2, 0.25) is 0 Å². The summed E-state index contributed by atoms with van der Waals surface area (Å²) in [6.07, 6.45) is 4.12. The number of hydrogen-bond donors (Lipinski definition) is 1. The Morgan fingerprint density at radius 3 is 2.65 bits per heavy atom. The van der Waals surface area contributed by atoms with Gasteiger partial charge in [-0.05, 0) is 59.2 Å². The average Bonchev–Trinajstić information content (AvgIpc) is 3.45. The lowest BCUT2D eigenvalue weighted by atomic mass is 10.00. The van der Waals surface area contributed by atoms with Crippen LogP contribution < -0.4 is 15.1 Å². The molecule has 2 fully saturated rings. The first-order valence-electron chi connectivity index (χ1n) is 10.9. The van der Waals surface area contributed by atoms with Crippen LogP contribution in [0.25, 0.3) is 10.9 Å². The van der Waals surface area contributed by atoms with Crippen LogP contribution in [0.4, 0.5) is 10.1 Å². The standard InChI is InChI=1S/C23H30FN3O4/c1-5-31-22-19-16(21(28)17(23(29)30)12-27(19)15-6-7-15)10-18(24)20(22)26-9-8-14(11-26)13(2)25(3)4/h10,12-15H,5-9,11H2,1-4H3,(H,29,30). The fraction of sp³-hybridized carbons (Fsp3) is 0.565. The fourth-order valence-corrected chi connectivity index (χ4v) is 4.62. The number of carbonyl (C=O) groups is 1. The van der Waals surface area contributed by atoms with E-state index in [-0.39, 0.29) is 17.0 Å². The third-order valence-electron chi connectivity index (χ3n) is 6.70. The number of aromatic carboxylic acids is 1. The number of ether oxygens (including phenoxy) is 1. The number of carboxylic acids is 1. The van der Waals surface area contributed by atoms with Gasteiger partial charge in [0.1, 0.15) is 11.3 Å². The number of nitrogens with zero attached hydrogens (tertiary/aromatic N) is 3. The van der Waals surface area contributed by atoms with Gasteiger partial charge in [-0.2, -0.15) is 0 Å². The normalized spacial score (nSPS) is 19.9. The fourth-order valence-electron chi connectivity index (χ4n) is 4.62. The van der Waals surface area contributed by atoms with Crippen molar-refractivity contribution in [1.82, 2.24) is 9.47 Å². The second-order valence-electron chi connectivity index (χ2n) is 8.88. The summed E-state index contributed by atoms with van der Waals surface area (Å²) in [6, 6.07) is 1.65. The van der Waals surface area contributed by atoms with Gasteiger partial charge in [0.25, 0.3) is 0 Å². The highest BCUT2D eigenvalue weighted by Gasteiger charge is 2.34. The van der Waals surface area contributed by atoms with E-state index in [0.29, 0.717) is 48.6 Å². The average molecular weight is 432 g/mol. The van der Waals surface area contributed by atoms with Crippen LogP contribution in [0.3, 0.4) is 0 Å². The minimum absolute atomic E-state index is 0.0638. The summed E-state index contributed by atoms with van der Waals surface area (Å²) in [6.45, 7) is 5.71. The number of fused-ring (bicyclic) bond motifs is 1. The van der Waals surface area contributed by atoms with Crippen molar-refractivity contribution in [2.45, 2.75) is 45.2 Å². The molecular weight excluding hydrogens is 401 g/mol. The van der Waals surface area contributed by atoms with Crippen LogP contribution >= 0.6 is 0 Å². The summed E-state index contributed by atoms with van der Waals surface area (Å²) in [5.74, 6) is -1.11. The number of rotatable bonds is 7. The van der Waals surface area contributed by atoms with Crippen LogP contribution in [0, 0.1) is 11.7 Å². The minimum atomic E-state index is -1.30. The molecule has 1 N–H and O–H groups in total. The summed E-state index contributed by atoms with van der Waals surface area (Å²) in [7, 11) is 4.09. The Balaban J connectivity index is 1.91. The van der Waals surface area contributed by atoms with Crippen molar-refractivity contribution >= 4 is 22.6 Å². The van der Waals surface area contributed by atoms with E-state index in [1.165, 1.54) is 12.3 Å². The molecule has 1 saturated carbocycles. The monoisotopic (exact) mass is 431 g/mol. The Kier molecular flexibility index (Phi) is 5.68. The Morgan fingerprint density at radius 2 is 2.06 bits per heavy atom. The first kappa shape index (κ1) is 21.6. The lowest BCUT2D eigenvalue weighted by molar-refractivity contribution is 0.0694. The number of halogens is 1. The van der Waals surface area contributed by atoms with Gasteiger partial charge in [0.05, 0.1) is 17.5 Å². The van der Waals surface area contributed by atoms with Crippen LogP contribution in [-0.4, -0.2) is 60.4 Å². The van der Waals surface area contributed by atoms with E-state index in [1.54, 1.807) is 0 Å². The molecule has 0 spiro atoms. The van der Waals surface area contributed by atoms with E-state index in [2.05, 4.69) is 11.8 Å². The number of carboxylic acid groups (broad SMARTS) is 1. The molecule has 2 aromatic rings. The maximum Gasteiger partial charge on any atom is 0.341 e. The van der Waals surface area contributed by atoms with Gasteiger partial charge in [-0.3, -0.25) is 4.79 Å². The summed E-state index contributed by atoms with van der Waals surface area (Å²) >= 11 is 0. The summed E-state index contributed by atoms with van der Waals surface area (Å²) in [5.41, 5.74) is -0.138. The van der Waals surface area contributed by atoms with Crippen molar-refractivity contribution in [1.29, 1.82) is 0 Å². The summed E-state index contributed by atoms with van der Waals surface area (Å²) < 4.78 is 23.2. The van der Waals surface area contributed by atoms with Gasteiger partial charge in [0.15, 0.2) is 11.6 Å². The highest BCUT2D eigenvalue weighted by Crippen LogP contribution is 2.45. The zero-order chi connectivity index (χ0) is 22.4. The maximum absolute atomic E-state index is 15.5. The van der Waals surface area contributed by atoms with Gasteiger partial charge in [-0.15, -0.1) is 0 Å². The molecule has 1 aromatic heterocycles. The third kappa shape index (κ3) is 3.78. The molecule has 0 amide bonds. The smallest absolute Gasteiger partial charge is 0.341 e. The third-order valence-corrected chi connectivity index (χ3v) is 6.70. The highest BCUT2D eigenvalue weighted by molar-refractivity contribution is 5.97. The molecule has 7 nitrogen and oxygen atoms in total. The van der Waals surface area contributed by atoms with Gasteiger partial charge in [0.2, 0.25) is 5.43 Å². The zero-order valence-corrected chi connectivity index (χ0v) is 18.5. The topological polar surface area (TPSA) is 75.0 Å². The molecule has 2 heterocycles. The van der Waals surface area contributed by atoms with E-state index in [4.69, 9.17) is 4.74 Å². The van der Waals surface area contributed by atoms with E-state index < -0.39 is 17.2 Å². The molecule has 1 aromatic carbocycles. The molecule has 31 heavy (non-hydrogen) atoms. The van der Waals surface area contributed by atoms with Crippen molar-refractivity contribution in [3.8, 4) is 5.75 Å². The molecule has 1 aliphatic carbocycles. The molecule has 1 aliphatic heterocycles. The molecule has 0 radical (unpaired) electrons. The van der Waals surface area contributed by atoms with Crippen molar-refractivity contribution in [2.75, 3.05) is 38.7 Å². The first-order valence-corrected chi connectivity index (χ1v) is 10.9.